The van der Waals surface area contributed by atoms with Crippen LogP contribution in [0.3, 0.4) is 0 Å². The molecule has 60 valence electrons. The third-order valence-corrected chi connectivity index (χ3v) is 2.76. The molecule has 0 aliphatic heterocycles. The SMILES string of the molecule is CNSc1ccccc1CBr. The molecule has 0 atom stereocenters. The molecule has 1 aromatic carbocycles. The molecular weight excluding hydrogens is 222 g/mol. The van der Waals surface area contributed by atoms with Gasteiger partial charge in [-0.2, -0.15) is 0 Å². The predicted octanol–water partition coefficient (Wildman–Crippen LogP) is 2.81. The highest BCUT2D eigenvalue weighted by Crippen LogP contribution is 2.21. The number of hydrogen-bond acceptors (Lipinski definition) is 2. The fourth-order valence-electron chi connectivity index (χ4n) is 0.824. The van der Waals surface area contributed by atoms with Gasteiger partial charge in [-0.25, -0.2) is 0 Å². The van der Waals surface area contributed by atoms with Crippen LogP contribution >= 0.6 is 27.9 Å². The van der Waals surface area contributed by atoms with E-state index in [9.17, 15) is 0 Å². The Balaban J connectivity index is 2.83. The number of benzene rings is 1. The lowest BCUT2D eigenvalue weighted by Gasteiger charge is -2.03. The van der Waals surface area contributed by atoms with E-state index in [1.807, 2.05) is 13.1 Å². The Morgan fingerprint density at radius 2 is 2.18 bits per heavy atom. The standard InChI is InChI=1S/C8H10BrNS/c1-10-11-8-5-3-2-4-7(8)6-9/h2-5,10H,6H2,1H3. The van der Waals surface area contributed by atoms with Crippen molar-refractivity contribution in [3.63, 3.8) is 0 Å². The first-order valence-electron chi connectivity index (χ1n) is 3.36. The van der Waals surface area contributed by atoms with Crippen LogP contribution in [0.4, 0.5) is 0 Å². The first-order valence-corrected chi connectivity index (χ1v) is 5.29. The fraction of sp³-hybridized carbons (Fsp3) is 0.250. The lowest BCUT2D eigenvalue weighted by Crippen LogP contribution is -1.92. The second-order valence-electron chi connectivity index (χ2n) is 2.05. The van der Waals surface area contributed by atoms with Crippen LogP contribution in [-0.4, -0.2) is 7.05 Å². The average molecular weight is 232 g/mol. The molecule has 0 aliphatic carbocycles. The predicted molar refractivity (Wildman–Crippen MR) is 54.0 cm³/mol. The number of halogens is 1. The van der Waals surface area contributed by atoms with E-state index in [4.69, 9.17) is 0 Å². The minimum atomic E-state index is 0.915. The molecule has 1 rings (SSSR count). The number of hydrogen-bond donors (Lipinski definition) is 1. The summed E-state index contributed by atoms with van der Waals surface area (Å²) in [4.78, 5) is 1.28. The van der Waals surface area contributed by atoms with Crippen molar-refractivity contribution in [1.82, 2.24) is 4.72 Å². The maximum atomic E-state index is 3.44. The third-order valence-electron chi connectivity index (χ3n) is 1.33. The molecule has 0 fully saturated rings. The maximum absolute atomic E-state index is 3.44. The van der Waals surface area contributed by atoms with Gasteiger partial charge in [-0.15, -0.1) is 0 Å². The van der Waals surface area contributed by atoms with Crippen LogP contribution in [0, 0.1) is 0 Å². The van der Waals surface area contributed by atoms with Gasteiger partial charge >= 0.3 is 0 Å². The molecule has 0 heterocycles. The van der Waals surface area contributed by atoms with E-state index in [0.717, 1.165) is 5.33 Å². The topological polar surface area (TPSA) is 12.0 Å². The minimum absolute atomic E-state index is 0.915. The summed E-state index contributed by atoms with van der Waals surface area (Å²) in [6, 6.07) is 8.33. The van der Waals surface area contributed by atoms with Crippen LogP contribution in [-0.2, 0) is 5.33 Å². The highest BCUT2D eigenvalue weighted by molar-refractivity contribution is 9.08. The van der Waals surface area contributed by atoms with E-state index in [-0.39, 0.29) is 0 Å². The van der Waals surface area contributed by atoms with E-state index < -0.39 is 0 Å². The zero-order valence-corrected chi connectivity index (χ0v) is 8.71. The number of alkyl halides is 1. The van der Waals surface area contributed by atoms with Crippen molar-refractivity contribution in [1.29, 1.82) is 0 Å². The largest absolute Gasteiger partial charge is 0.263 e. The van der Waals surface area contributed by atoms with E-state index in [0.29, 0.717) is 0 Å². The van der Waals surface area contributed by atoms with Gasteiger partial charge in [0.15, 0.2) is 0 Å². The first-order chi connectivity index (χ1) is 5.38. The van der Waals surface area contributed by atoms with Gasteiger partial charge in [-0.1, -0.05) is 34.1 Å². The monoisotopic (exact) mass is 231 g/mol. The highest BCUT2D eigenvalue weighted by atomic mass is 79.9. The zero-order valence-electron chi connectivity index (χ0n) is 6.30. The summed E-state index contributed by atoms with van der Waals surface area (Å²) in [5, 5.41) is 0.915. The molecule has 0 aliphatic rings. The first kappa shape index (κ1) is 9.10. The van der Waals surface area contributed by atoms with Crippen LogP contribution in [0.2, 0.25) is 0 Å². The summed E-state index contributed by atoms with van der Waals surface area (Å²) < 4.78 is 3.05. The Morgan fingerprint density at radius 1 is 1.45 bits per heavy atom. The Labute approximate surface area is 79.8 Å². The molecule has 0 radical (unpaired) electrons. The van der Waals surface area contributed by atoms with Crippen molar-refractivity contribution < 1.29 is 0 Å². The summed E-state index contributed by atoms with van der Waals surface area (Å²) >= 11 is 5.08. The Kier molecular flexibility index (Phi) is 3.97. The number of rotatable bonds is 3. The smallest absolute Gasteiger partial charge is 0.0294 e. The molecule has 1 nitrogen and oxygen atoms in total. The van der Waals surface area contributed by atoms with Gasteiger partial charge in [0.2, 0.25) is 0 Å². The van der Waals surface area contributed by atoms with Gasteiger partial charge in [0, 0.05) is 10.2 Å². The van der Waals surface area contributed by atoms with E-state index >= 15 is 0 Å². The normalized spacial score (nSPS) is 10.0. The van der Waals surface area contributed by atoms with Crippen LogP contribution in [0.25, 0.3) is 0 Å². The summed E-state index contributed by atoms with van der Waals surface area (Å²) in [7, 11) is 1.93. The minimum Gasteiger partial charge on any atom is -0.263 e. The highest BCUT2D eigenvalue weighted by Gasteiger charge is 1.97. The fourth-order valence-corrected chi connectivity index (χ4v) is 2.14. The quantitative estimate of drug-likeness (QED) is 0.635. The molecule has 0 aromatic heterocycles. The molecule has 0 bridgehead atoms. The molecule has 0 amide bonds. The van der Waals surface area contributed by atoms with Crippen LogP contribution in [0.1, 0.15) is 5.56 Å². The molecular formula is C8H10BrNS. The lowest BCUT2D eigenvalue weighted by atomic mass is 10.2. The van der Waals surface area contributed by atoms with Crippen LogP contribution < -0.4 is 4.72 Å². The molecule has 0 unspecified atom stereocenters. The van der Waals surface area contributed by atoms with Gasteiger partial charge in [-0.3, -0.25) is 4.72 Å². The number of nitrogens with one attached hydrogen (secondary N) is 1. The average Bonchev–Trinajstić information content (AvgIpc) is 2.06. The molecule has 0 spiro atoms. The van der Waals surface area contributed by atoms with Crippen molar-refractivity contribution in [3.05, 3.63) is 29.8 Å². The van der Waals surface area contributed by atoms with Gasteiger partial charge in [0.25, 0.3) is 0 Å². The van der Waals surface area contributed by atoms with Crippen molar-refractivity contribution in [2.45, 2.75) is 10.2 Å². The molecule has 1 N–H and O–H groups in total. The Hall–Kier alpha value is 0.01000. The summed E-state index contributed by atoms with van der Waals surface area (Å²) in [6.07, 6.45) is 0. The second kappa shape index (κ2) is 4.80. The van der Waals surface area contributed by atoms with Crippen molar-refractivity contribution >= 4 is 27.9 Å². The van der Waals surface area contributed by atoms with Crippen LogP contribution in [0.5, 0.6) is 0 Å². The zero-order chi connectivity index (χ0) is 8.10. The summed E-state index contributed by atoms with van der Waals surface area (Å²) in [5.74, 6) is 0. The van der Waals surface area contributed by atoms with Crippen molar-refractivity contribution in [2.24, 2.45) is 0 Å². The van der Waals surface area contributed by atoms with Crippen LogP contribution in [0.15, 0.2) is 29.2 Å². The molecule has 11 heavy (non-hydrogen) atoms. The van der Waals surface area contributed by atoms with E-state index in [1.165, 1.54) is 10.5 Å². The van der Waals surface area contributed by atoms with Crippen molar-refractivity contribution in [3.8, 4) is 0 Å². The summed E-state index contributed by atoms with van der Waals surface area (Å²) in [5.41, 5.74) is 1.33. The van der Waals surface area contributed by atoms with Crippen molar-refractivity contribution in [2.75, 3.05) is 7.05 Å². The summed E-state index contributed by atoms with van der Waals surface area (Å²) in [6.45, 7) is 0. The van der Waals surface area contributed by atoms with Gasteiger partial charge in [-0.05, 0) is 30.6 Å². The maximum Gasteiger partial charge on any atom is 0.0294 e. The third kappa shape index (κ3) is 2.51. The van der Waals surface area contributed by atoms with E-state index in [2.05, 4.69) is 38.9 Å². The molecule has 0 saturated carbocycles. The Bertz CT molecular complexity index is 227. The molecule has 3 heteroatoms. The van der Waals surface area contributed by atoms with Gasteiger partial charge < -0.3 is 0 Å². The molecule has 1 aromatic rings. The lowest BCUT2D eigenvalue weighted by molar-refractivity contribution is 1.23. The second-order valence-corrected chi connectivity index (χ2v) is 3.66. The van der Waals surface area contributed by atoms with Gasteiger partial charge in [0.05, 0.1) is 0 Å². The van der Waals surface area contributed by atoms with E-state index in [1.54, 1.807) is 11.9 Å². The van der Waals surface area contributed by atoms with Gasteiger partial charge in [0.1, 0.15) is 0 Å². The Morgan fingerprint density at radius 3 is 2.82 bits per heavy atom. The molecule has 0 saturated heterocycles.